The third-order valence-corrected chi connectivity index (χ3v) is 6.45. The standard InChI is InChI=1S/C18H12ClF3N6O3S/c1-9-14(8-27(26-9)18(21)22)32(30,31)28-13-5-15(23-6-10(13)7-24-28)25-17(29)16-11(19)3-2-4-12(16)20/h2-8,18H,1H3,(H,23,25,29). The molecule has 1 aromatic carbocycles. The van der Waals surface area contributed by atoms with Crippen molar-refractivity contribution in [2.45, 2.75) is 18.4 Å². The fourth-order valence-corrected chi connectivity index (χ4v) is 4.64. The van der Waals surface area contributed by atoms with E-state index in [1.54, 1.807) is 0 Å². The van der Waals surface area contributed by atoms with Gasteiger partial charge in [-0.15, -0.1) is 0 Å². The molecule has 0 aliphatic rings. The number of hydrogen-bond donors (Lipinski definition) is 1. The molecule has 0 radical (unpaired) electrons. The van der Waals surface area contributed by atoms with Gasteiger partial charge in [-0.25, -0.2) is 14.1 Å². The van der Waals surface area contributed by atoms with E-state index in [1.807, 2.05) is 0 Å². The first-order valence-corrected chi connectivity index (χ1v) is 10.6. The van der Waals surface area contributed by atoms with Crippen LogP contribution in [0.15, 0.2) is 47.8 Å². The molecule has 32 heavy (non-hydrogen) atoms. The van der Waals surface area contributed by atoms with E-state index in [4.69, 9.17) is 11.6 Å². The molecule has 0 bridgehead atoms. The molecular formula is C18H12ClF3N6O3S. The maximum atomic E-state index is 14.0. The molecular weight excluding hydrogens is 473 g/mol. The van der Waals surface area contributed by atoms with Crippen LogP contribution in [-0.2, 0) is 10.0 Å². The first-order valence-electron chi connectivity index (χ1n) is 8.78. The Labute approximate surface area is 183 Å². The van der Waals surface area contributed by atoms with Gasteiger partial charge in [0.25, 0.3) is 15.9 Å². The highest BCUT2D eigenvalue weighted by atomic mass is 35.5. The molecule has 0 saturated heterocycles. The third-order valence-electron chi connectivity index (χ3n) is 4.43. The lowest BCUT2D eigenvalue weighted by atomic mass is 10.2. The number of aryl methyl sites for hydroxylation is 1. The molecule has 0 aliphatic heterocycles. The first kappa shape index (κ1) is 21.8. The molecule has 4 aromatic rings. The molecule has 0 saturated carbocycles. The highest BCUT2D eigenvalue weighted by Gasteiger charge is 2.27. The quantitative estimate of drug-likeness (QED) is 0.463. The Morgan fingerprint density at radius 2 is 2.00 bits per heavy atom. The average Bonchev–Trinajstić information content (AvgIpc) is 3.32. The van der Waals surface area contributed by atoms with Gasteiger partial charge in [-0.3, -0.25) is 4.79 Å². The van der Waals surface area contributed by atoms with Gasteiger partial charge in [-0.1, -0.05) is 17.7 Å². The summed E-state index contributed by atoms with van der Waals surface area (Å²) >= 11 is 5.88. The van der Waals surface area contributed by atoms with E-state index in [0.29, 0.717) is 10.3 Å². The lowest BCUT2D eigenvalue weighted by molar-refractivity contribution is 0.0561. The van der Waals surface area contributed by atoms with Crippen LogP contribution in [0.4, 0.5) is 19.0 Å². The topological polar surface area (TPSA) is 112 Å². The van der Waals surface area contributed by atoms with Gasteiger partial charge >= 0.3 is 6.55 Å². The van der Waals surface area contributed by atoms with E-state index in [9.17, 15) is 26.4 Å². The molecule has 14 heteroatoms. The van der Waals surface area contributed by atoms with Crippen LogP contribution in [0.2, 0.25) is 5.02 Å². The summed E-state index contributed by atoms with van der Waals surface area (Å²) in [5.74, 6) is -1.86. The average molecular weight is 485 g/mol. The minimum Gasteiger partial charge on any atom is -0.306 e. The summed E-state index contributed by atoms with van der Waals surface area (Å²) in [4.78, 5) is 16.0. The lowest BCUT2D eigenvalue weighted by Gasteiger charge is -2.08. The summed E-state index contributed by atoms with van der Waals surface area (Å²) in [6.45, 7) is -1.76. The zero-order valence-corrected chi connectivity index (χ0v) is 17.6. The van der Waals surface area contributed by atoms with Gasteiger partial charge in [0.05, 0.1) is 34.2 Å². The number of carbonyl (C=O) groups is 1. The molecule has 0 aliphatic carbocycles. The number of hydrogen-bond acceptors (Lipinski definition) is 6. The van der Waals surface area contributed by atoms with Crippen LogP contribution >= 0.6 is 11.6 Å². The summed E-state index contributed by atoms with van der Waals surface area (Å²) < 4.78 is 66.7. The van der Waals surface area contributed by atoms with Crippen molar-refractivity contribution in [3.63, 3.8) is 0 Å². The third kappa shape index (κ3) is 3.69. The van der Waals surface area contributed by atoms with Crippen LogP contribution in [0.5, 0.6) is 0 Å². The summed E-state index contributed by atoms with van der Waals surface area (Å²) in [5.41, 5.74) is -0.558. The van der Waals surface area contributed by atoms with Crippen LogP contribution in [0, 0.1) is 12.7 Å². The molecule has 3 heterocycles. The van der Waals surface area contributed by atoms with Crippen LogP contribution in [0.1, 0.15) is 22.6 Å². The second-order valence-corrected chi connectivity index (χ2v) is 8.65. The smallest absolute Gasteiger partial charge is 0.306 e. The van der Waals surface area contributed by atoms with Gasteiger partial charge in [-0.05, 0) is 19.1 Å². The number of aromatic nitrogens is 5. The SMILES string of the molecule is Cc1nn(C(F)F)cc1S(=O)(=O)n1ncc2cnc(NC(=O)c3c(F)cccc3Cl)cc21. The van der Waals surface area contributed by atoms with Crippen LogP contribution in [-0.4, -0.2) is 38.3 Å². The van der Waals surface area contributed by atoms with Crippen molar-refractivity contribution in [3.8, 4) is 0 Å². The molecule has 4 rings (SSSR count). The molecule has 0 spiro atoms. The van der Waals surface area contributed by atoms with Crippen molar-refractivity contribution in [1.29, 1.82) is 0 Å². The Balaban J connectivity index is 1.74. The van der Waals surface area contributed by atoms with Gasteiger partial charge < -0.3 is 5.32 Å². The fourth-order valence-electron chi connectivity index (χ4n) is 2.96. The number of rotatable bonds is 5. The number of amides is 1. The molecule has 3 aromatic heterocycles. The number of benzene rings is 1. The highest BCUT2D eigenvalue weighted by Crippen LogP contribution is 2.26. The Morgan fingerprint density at radius 1 is 1.25 bits per heavy atom. The highest BCUT2D eigenvalue weighted by molar-refractivity contribution is 7.90. The van der Waals surface area contributed by atoms with E-state index >= 15 is 0 Å². The zero-order valence-electron chi connectivity index (χ0n) is 16.0. The minimum atomic E-state index is -4.41. The second kappa shape index (κ2) is 7.91. The van der Waals surface area contributed by atoms with Gasteiger partial charge in [0, 0.05) is 17.6 Å². The Bertz CT molecular complexity index is 1450. The Hall–Kier alpha value is -3.45. The molecule has 0 unspecified atom stereocenters. The number of nitrogens with zero attached hydrogens (tertiary/aromatic N) is 5. The molecule has 9 nitrogen and oxygen atoms in total. The monoisotopic (exact) mass is 484 g/mol. The maximum Gasteiger partial charge on any atom is 0.333 e. The number of carbonyl (C=O) groups excluding carboxylic acids is 1. The van der Waals surface area contributed by atoms with E-state index in [-0.39, 0.29) is 32.1 Å². The normalized spacial score (nSPS) is 11.9. The van der Waals surface area contributed by atoms with Crippen molar-refractivity contribution in [2.24, 2.45) is 0 Å². The van der Waals surface area contributed by atoms with Gasteiger partial charge in [-0.2, -0.15) is 31.5 Å². The predicted molar refractivity (Wildman–Crippen MR) is 108 cm³/mol. The van der Waals surface area contributed by atoms with Crippen molar-refractivity contribution in [3.05, 3.63) is 65.0 Å². The van der Waals surface area contributed by atoms with Gasteiger partial charge in [0.2, 0.25) is 0 Å². The summed E-state index contributed by atoms with van der Waals surface area (Å²) in [5, 5.41) is 9.83. The van der Waals surface area contributed by atoms with Crippen LogP contribution in [0.25, 0.3) is 10.9 Å². The number of pyridine rings is 1. The number of alkyl halides is 2. The van der Waals surface area contributed by atoms with Gasteiger partial charge in [0.15, 0.2) is 0 Å². The molecule has 1 amide bonds. The number of halogens is 4. The molecule has 0 fully saturated rings. The fraction of sp³-hybridized carbons (Fsp3) is 0.111. The van der Waals surface area contributed by atoms with Crippen molar-refractivity contribution in [1.82, 2.24) is 24.0 Å². The van der Waals surface area contributed by atoms with Crippen LogP contribution in [0.3, 0.4) is 0 Å². The van der Waals surface area contributed by atoms with Crippen molar-refractivity contribution < 1.29 is 26.4 Å². The minimum absolute atomic E-state index is 0.000808. The molecule has 1 N–H and O–H groups in total. The largest absolute Gasteiger partial charge is 0.333 e. The predicted octanol–water partition coefficient (Wildman–Crippen LogP) is 3.61. The summed E-state index contributed by atoms with van der Waals surface area (Å²) in [6, 6.07) is 4.92. The van der Waals surface area contributed by atoms with E-state index < -0.39 is 38.8 Å². The summed E-state index contributed by atoms with van der Waals surface area (Å²) in [6.07, 6.45) is 3.14. The second-order valence-electron chi connectivity index (χ2n) is 6.51. The number of anilines is 1. The Kier molecular flexibility index (Phi) is 5.38. The first-order chi connectivity index (χ1) is 15.1. The molecule has 166 valence electrons. The number of fused-ring (bicyclic) bond motifs is 1. The lowest BCUT2D eigenvalue weighted by Crippen LogP contribution is -2.17. The van der Waals surface area contributed by atoms with Crippen LogP contribution < -0.4 is 5.32 Å². The van der Waals surface area contributed by atoms with E-state index in [0.717, 1.165) is 6.07 Å². The van der Waals surface area contributed by atoms with Crippen molar-refractivity contribution in [2.75, 3.05) is 5.32 Å². The summed E-state index contributed by atoms with van der Waals surface area (Å²) in [7, 11) is -4.41. The molecule has 0 atom stereocenters. The van der Waals surface area contributed by atoms with E-state index in [2.05, 4.69) is 20.5 Å². The number of nitrogens with one attached hydrogen (secondary N) is 1. The Morgan fingerprint density at radius 3 is 2.66 bits per heavy atom. The zero-order chi connectivity index (χ0) is 23.2. The van der Waals surface area contributed by atoms with Gasteiger partial charge in [0.1, 0.15) is 16.5 Å². The van der Waals surface area contributed by atoms with E-state index in [1.165, 1.54) is 37.5 Å². The maximum absolute atomic E-state index is 14.0. The van der Waals surface area contributed by atoms with Crippen molar-refractivity contribution >= 4 is 44.3 Å².